The molecule has 0 aromatic carbocycles. The summed E-state index contributed by atoms with van der Waals surface area (Å²) in [5.74, 6) is 0. The lowest BCUT2D eigenvalue weighted by atomic mass is 10.1. The van der Waals surface area contributed by atoms with Crippen LogP contribution in [0.15, 0.2) is 29.8 Å². The normalized spacial score (nSPS) is 15.6. The minimum atomic E-state index is -4.43. The number of hydrogen-bond donors (Lipinski definition) is 1. The fourth-order valence-electron chi connectivity index (χ4n) is 1.73. The molecule has 2 rings (SSSR count). The van der Waals surface area contributed by atoms with E-state index in [-0.39, 0.29) is 12.1 Å². The number of nitrogens with zero attached hydrogens (tertiary/aromatic N) is 2. The highest BCUT2D eigenvalue weighted by Gasteiger charge is 2.34. The predicted molar refractivity (Wildman–Crippen MR) is 63.3 cm³/mol. The summed E-state index contributed by atoms with van der Waals surface area (Å²) in [6.07, 6.45) is -3.11. The van der Waals surface area contributed by atoms with E-state index >= 15 is 0 Å². The van der Waals surface area contributed by atoms with Gasteiger partial charge in [0.1, 0.15) is 6.04 Å². The third-order valence-electron chi connectivity index (χ3n) is 2.52. The van der Waals surface area contributed by atoms with Crippen LogP contribution in [0.5, 0.6) is 0 Å². The van der Waals surface area contributed by atoms with Crippen LogP contribution in [0.1, 0.15) is 23.5 Å². The Bertz CT molecular complexity index is 502. The van der Waals surface area contributed by atoms with E-state index in [1.807, 2.05) is 17.5 Å². The number of thiophene rings is 1. The molecule has 2 aromatic rings. The quantitative estimate of drug-likeness (QED) is 0.936. The molecule has 2 aromatic heterocycles. The van der Waals surface area contributed by atoms with Gasteiger partial charge >= 0.3 is 6.18 Å². The number of rotatable bonds is 3. The van der Waals surface area contributed by atoms with Crippen LogP contribution in [0, 0.1) is 0 Å². The maximum absolute atomic E-state index is 12.5. The van der Waals surface area contributed by atoms with Gasteiger partial charge in [0.05, 0.1) is 0 Å². The molecule has 3 nitrogen and oxygen atoms in total. The molecule has 0 saturated carbocycles. The first-order valence-electron chi connectivity index (χ1n) is 5.31. The third kappa shape index (κ3) is 2.56. The zero-order chi connectivity index (χ0) is 13.3. The molecule has 0 spiro atoms. The van der Waals surface area contributed by atoms with Gasteiger partial charge in [-0.3, -0.25) is 4.68 Å². The molecule has 7 heteroatoms. The van der Waals surface area contributed by atoms with Crippen LogP contribution < -0.4 is 5.73 Å². The fraction of sp³-hybridized carbons (Fsp3) is 0.364. The lowest BCUT2D eigenvalue weighted by Gasteiger charge is -2.20. The summed E-state index contributed by atoms with van der Waals surface area (Å²) >= 11 is 1.45. The number of aromatic nitrogens is 2. The van der Waals surface area contributed by atoms with E-state index in [0.29, 0.717) is 0 Å². The number of alkyl halides is 3. The highest BCUT2D eigenvalue weighted by atomic mass is 32.1. The van der Waals surface area contributed by atoms with Crippen LogP contribution >= 0.6 is 11.3 Å². The molecule has 2 N–H and O–H groups in total. The average Bonchev–Trinajstić information content (AvgIpc) is 2.86. The summed E-state index contributed by atoms with van der Waals surface area (Å²) in [6, 6.07) is 3.94. The molecule has 2 heterocycles. The van der Waals surface area contributed by atoms with Gasteiger partial charge in [-0.15, -0.1) is 11.3 Å². The fourth-order valence-corrected chi connectivity index (χ4v) is 2.67. The number of halogens is 3. The Morgan fingerprint density at radius 3 is 2.56 bits per heavy atom. The molecule has 0 aliphatic rings. The molecule has 0 aliphatic carbocycles. The first kappa shape index (κ1) is 13.1. The molecule has 0 fully saturated rings. The summed E-state index contributed by atoms with van der Waals surface area (Å²) in [4.78, 5) is 0.891. The van der Waals surface area contributed by atoms with Crippen LogP contribution in [0.25, 0.3) is 0 Å². The second-order valence-corrected chi connectivity index (χ2v) is 4.98. The molecular formula is C11H12F3N3S. The minimum Gasteiger partial charge on any atom is -0.326 e. The van der Waals surface area contributed by atoms with Crippen LogP contribution in [0.2, 0.25) is 0 Å². The van der Waals surface area contributed by atoms with Crippen LogP contribution in [0.4, 0.5) is 13.2 Å². The molecule has 18 heavy (non-hydrogen) atoms. The molecular weight excluding hydrogens is 263 g/mol. The van der Waals surface area contributed by atoms with Crippen molar-refractivity contribution in [1.29, 1.82) is 0 Å². The zero-order valence-electron chi connectivity index (χ0n) is 9.56. The Morgan fingerprint density at radius 1 is 1.39 bits per heavy atom. The van der Waals surface area contributed by atoms with Gasteiger partial charge < -0.3 is 5.73 Å². The summed E-state index contributed by atoms with van der Waals surface area (Å²) in [6.45, 7) is 1.75. The van der Waals surface area contributed by atoms with Crippen molar-refractivity contribution in [3.63, 3.8) is 0 Å². The first-order chi connectivity index (χ1) is 8.39. The number of nitrogens with two attached hydrogens (primary N) is 1. The second-order valence-electron chi connectivity index (χ2n) is 4.00. The van der Waals surface area contributed by atoms with Gasteiger partial charge in [0.2, 0.25) is 0 Å². The monoisotopic (exact) mass is 275 g/mol. The van der Waals surface area contributed by atoms with E-state index in [2.05, 4.69) is 5.10 Å². The van der Waals surface area contributed by atoms with Crippen molar-refractivity contribution in [3.8, 4) is 0 Å². The Hall–Kier alpha value is -1.34. The minimum absolute atomic E-state index is 0.329. The van der Waals surface area contributed by atoms with Gasteiger partial charge in [-0.05, 0) is 24.4 Å². The molecule has 98 valence electrons. The van der Waals surface area contributed by atoms with E-state index in [4.69, 9.17) is 5.73 Å². The molecule has 2 unspecified atom stereocenters. The standard InChI is InChI=1S/C11H12F3N3S/c1-7(15)10(8-3-2-6-18-8)17-5-4-9(16-17)11(12,13)14/h2-7,10H,15H2,1H3. The average molecular weight is 275 g/mol. The first-order valence-corrected chi connectivity index (χ1v) is 6.19. The van der Waals surface area contributed by atoms with Crippen molar-refractivity contribution in [3.05, 3.63) is 40.3 Å². The van der Waals surface area contributed by atoms with Crippen LogP contribution in [-0.2, 0) is 6.18 Å². The lowest BCUT2D eigenvalue weighted by Crippen LogP contribution is -2.30. The zero-order valence-corrected chi connectivity index (χ0v) is 10.4. The predicted octanol–water partition coefficient (Wildman–Crippen LogP) is 2.90. The Balaban J connectivity index is 2.36. The maximum Gasteiger partial charge on any atom is 0.435 e. The van der Waals surface area contributed by atoms with Crippen LogP contribution in [-0.4, -0.2) is 15.8 Å². The van der Waals surface area contributed by atoms with Gasteiger partial charge in [-0.1, -0.05) is 6.07 Å². The van der Waals surface area contributed by atoms with E-state index in [0.717, 1.165) is 10.9 Å². The van der Waals surface area contributed by atoms with E-state index in [1.165, 1.54) is 22.2 Å². The largest absolute Gasteiger partial charge is 0.435 e. The summed E-state index contributed by atoms with van der Waals surface area (Å²) in [5.41, 5.74) is 4.94. The van der Waals surface area contributed by atoms with E-state index in [1.54, 1.807) is 6.92 Å². The van der Waals surface area contributed by atoms with Gasteiger partial charge in [0.15, 0.2) is 5.69 Å². The molecule has 0 bridgehead atoms. The molecule has 0 saturated heterocycles. The van der Waals surface area contributed by atoms with Crippen molar-refractivity contribution in [1.82, 2.24) is 9.78 Å². The Labute approximate surface area is 106 Å². The Morgan fingerprint density at radius 2 is 2.11 bits per heavy atom. The van der Waals surface area contributed by atoms with Crippen molar-refractivity contribution in [2.45, 2.75) is 25.2 Å². The number of hydrogen-bond acceptors (Lipinski definition) is 3. The van der Waals surface area contributed by atoms with Crippen molar-refractivity contribution >= 4 is 11.3 Å². The van der Waals surface area contributed by atoms with Crippen LogP contribution in [0.3, 0.4) is 0 Å². The second kappa shape index (κ2) is 4.74. The van der Waals surface area contributed by atoms with E-state index < -0.39 is 11.9 Å². The maximum atomic E-state index is 12.5. The smallest absolute Gasteiger partial charge is 0.326 e. The van der Waals surface area contributed by atoms with Gasteiger partial charge in [-0.25, -0.2) is 0 Å². The van der Waals surface area contributed by atoms with Gasteiger partial charge in [-0.2, -0.15) is 18.3 Å². The van der Waals surface area contributed by atoms with Gasteiger partial charge in [0.25, 0.3) is 0 Å². The highest BCUT2D eigenvalue weighted by molar-refractivity contribution is 7.10. The molecule has 0 aliphatic heterocycles. The van der Waals surface area contributed by atoms with Crippen molar-refractivity contribution < 1.29 is 13.2 Å². The Kier molecular flexibility index (Phi) is 3.45. The molecule has 0 amide bonds. The molecule has 2 atom stereocenters. The molecule has 0 radical (unpaired) electrons. The SMILES string of the molecule is CC(N)C(c1cccs1)n1ccc(C(F)(F)F)n1. The summed E-state index contributed by atoms with van der Waals surface area (Å²) < 4.78 is 38.8. The van der Waals surface area contributed by atoms with E-state index in [9.17, 15) is 13.2 Å². The summed E-state index contributed by atoms with van der Waals surface area (Å²) in [5, 5.41) is 5.44. The van der Waals surface area contributed by atoms with Gasteiger partial charge in [0, 0.05) is 17.1 Å². The summed E-state index contributed by atoms with van der Waals surface area (Å²) in [7, 11) is 0. The lowest BCUT2D eigenvalue weighted by molar-refractivity contribution is -0.141. The van der Waals surface area contributed by atoms with Crippen molar-refractivity contribution in [2.75, 3.05) is 0 Å². The third-order valence-corrected chi connectivity index (χ3v) is 3.46. The van der Waals surface area contributed by atoms with Crippen molar-refractivity contribution in [2.24, 2.45) is 5.73 Å². The highest BCUT2D eigenvalue weighted by Crippen LogP contribution is 2.30. The topological polar surface area (TPSA) is 43.8 Å².